The highest BCUT2D eigenvalue weighted by Crippen LogP contribution is 2.11. The van der Waals surface area contributed by atoms with E-state index in [2.05, 4.69) is 6.92 Å². The topological polar surface area (TPSA) is 121 Å². The first-order valence-corrected chi connectivity index (χ1v) is 9.29. The van der Waals surface area contributed by atoms with Gasteiger partial charge >= 0.3 is 10.4 Å². The second-order valence-electron chi connectivity index (χ2n) is 5.31. The number of hydrogen-bond donors (Lipinski definition) is 4. The highest BCUT2D eigenvalue weighted by atomic mass is 32.3. The zero-order valence-electron chi connectivity index (χ0n) is 13.2. The predicted octanol–water partition coefficient (Wildman–Crippen LogP) is 2.96. The van der Waals surface area contributed by atoms with Gasteiger partial charge in [0.05, 0.1) is 6.10 Å². The Kier molecular flexibility index (Phi) is 17.8. The maximum Gasteiger partial charge on any atom is 0.394 e. The minimum atomic E-state index is -4.67. The van der Waals surface area contributed by atoms with Gasteiger partial charge in [-0.15, -0.1) is 0 Å². The van der Waals surface area contributed by atoms with Crippen LogP contribution >= 0.6 is 0 Å². The molecule has 7 heteroatoms. The Morgan fingerprint density at radius 1 is 0.857 bits per heavy atom. The monoisotopic (exact) mass is 327 g/mol. The Hall–Kier alpha value is -0.210. The first kappa shape index (κ1) is 23.1. The van der Waals surface area contributed by atoms with Crippen LogP contribution in [0.5, 0.6) is 0 Å². The van der Waals surface area contributed by atoms with E-state index in [4.69, 9.17) is 23.3 Å². The van der Waals surface area contributed by atoms with Crippen LogP contribution in [0, 0.1) is 0 Å². The zero-order valence-corrected chi connectivity index (χ0v) is 14.0. The normalized spacial score (nSPS) is 12.6. The summed E-state index contributed by atoms with van der Waals surface area (Å²) in [5, 5.41) is 9.26. The van der Waals surface area contributed by atoms with Crippen molar-refractivity contribution < 1.29 is 22.6 Å². The molecule has 0 saturated heterocycles. The highest BCUT2D eigenvalue weighted by Gasteiger charge is 1.99. The molecule has 0 aromatic carbocycles. The van der Waals surface area contributed by atoms with Gasteiger partial charge in [-0.3, -0.25) is 9.11 Å². The first-order chi connectivity index (χ1) is 9.81. The number of rotatable bonds is 12. The van der Waals surface area contributed by atoms with E-state index in [-0.39, 0.29) is 6.10 Å². The van der Waals surface area contributed by atoms with E-state index < -0.39 is 10.4 Å². The average molecular weight is 327 g/mol. The van der Waals surface area contributed by atoms with Crippen LogP contribution in [-0.4, -0.2) is 35.3 Å². The molecule has 1 atom stereocenters. The second kappa shape index (κ2) is 16.2. The molecule has 0 aliphatic carbocycles. The molecule has 0 spiro atoms. The van der Waals surface area contributed by atoms with E-state index in [1.807, 2.05) is 0 Å². The Morgan fingerprint density at radius 2 is 1.19 bits per heavy atom. The van der Waals surface area contributed by atoms with Gasteiger partial charge in [-0.2, -0.15) is 8.42 Å². The molecule has 0 aliphatic rings. The Balaban J connectivity index is 0. The molecule has 0 amide bonds. The van der Waals surface area contributed by atoms with Crippen LogP contribution in [0.4, 0.5) is 0 Å². The van der Waals surface area contributed by atoms with Gasteiger partial charge in [0.25, 0.3) is 0 Å². The number of aliphatic hydroxyl groups is 1. The van der Waals surface area contributed by atoms with Crippen LogP contribution in [-0.2, 0) is 10.4 Å². The van der Waals surface area contributed by atoms with Gasteiger partial charge in [0.15, 0.2) is 0 Å². The van der Waals surface area contributed by atoms with E-state index in [0.29, 0.717) is 6.54 Å². The van der Waals surface area contributed by atoms with Crippen LogP contribution in [0.2, 0.25) is 0 Å². The molecule has 0 fully saturated rings. The molecular formula is C14H33NO5S. The summed E-state index contributed by atoms with van der Waals surface area (Å²) in [6, 6.07) is 0. The average Bonchev–Trinajstić information content (AvgIpc) is 2.38. The van der Waals surface area contributed by atoms with Crippen molar-refractivity contribution in [3.63, 3.8) is 0 Å². The Bertz CT molecular complexity index is 288. The number of hydrogen-bond acceptors (Lipinski definition) is 4. The van der Waals surface area contributed by atoms with Crippen molar-refractivity contribution in [1.29, 1.82) is 0 Å². The molecule has 0 saturated carbocycles. The van der Waals surface area contributed by atoms with Gasteiger partial charge in [-0.05, 0) is 6.42 Å². The van der Waals surface area contributed by atoms with Crippen molar-refractivity contribution in [2.45, 2.75) is 83.7 Å². The molecule has 130 valence electrons. The molecule has 1 unspecified atom stereocenters. The summed E-state index contributed by atoms with van der Waals surface area (Å²) in [4.78, 5) is 0. The molecule has 6 nitrogen and oxygen atoms in total. The number of unbranched alkanes of at least 4 members (excludes halogenated alkanes) is 9. The molecule has 5 N–H and O–H groups in total. The van der Waals surface area contributed by atoms with Crippen molar-refractivity contribution in [3.05, 3.63) is 0 Å². The van der Waals surface area contributed by atoms with Crippen molar-refractivity contribution in [3.8, 4) is 0 Å². The first-order valence-electron chi connectivity index (χ1n) is 7.89. The van der Waals surface area contributed by atoms with Gasteiger partial charge in [0, 0.05) is 6.54 Å². The lowest BCUT2D eigenvalue weighted by atomic mass is 10.0. The standard InChI is InChI=1S/C14H31NO.H2O4S/c1-2-3-4-5-6-7-8-9-10-11-12-14(16)13-15;1-5(2,3)4/h14,16H,2-13,15H2,1H3;(H2,1,2,3,4). The van der Waals surface area contributed by atoms with Crippen molar-refractivity contribution >= 4 is 10.4 Å². The Labute approximate surface area is 129 Å². The third kappa shape index (κ3) is 32.9. The SMILES string of the molecule is CCCCCCCCCCCCC(O)CN.O=S(=O)(O)O. The fourth-order valence-electron chi connectivity index (χ4n) is 1.99. The van der Waals surface area contributed by atoms with E-state index in [1.165, 1.54) is 57.8 Å². The molecule has 0 aromatic heterocycles. The summed E-state index contributed by atoms with van der Waals surface area (Å²) in [6.07, 6.45) is 14.1. The van der Waals surface area contributed by atoms with Crippen LogP contribution < -0.4 is 5.73 Å². The minimum absolute atomic E-state index is 0.269. The van der Waals surface area contributed by atoms with Crippen LogP contribution in [0.3, 0.4) is 0 Å². The third-order valence-corrected chi connectivity index (χ3v) is 3.16. The lowest BCUT2D eigenvalue weighted by Gasteiger charge is -2.06. The van der Waals surface area contributed by atoms with Gasteiger partial charge in [0.2, 0.25) is 0 Å². The summed E-state index contributed by atoms with van der Waals surface area (Å²) >= 11 is 0. The van der Waals surface area contributed by atoms with E-state index in [0.717, 1.165) is 12.8 Å². The van der Waals surface area contributed by atoms with E-state index >= 15 is 0 Å². The van der Waals surface area contributed by atoms with E-state index in [9.17, 15) is 5.11 Å². The van der Waals surface area contributed by atoms with Crippen LogP contribution in [0.1, 0.15) is 77.6 Å². The number of aliphatic hydroxyl groups excluding tert-OH is 1. The molecule has 0 radical (unpaired) electrons. The van der Waals surface area contributed by atoms with Crippen LogP contribution in [0.15, 0.2) is 0 Å². The van der Waals surface area contributed by atoms with Gasteiger partial charge in [0.1, 0.15) is 0 Å². The molecule has 0 aliphatic heterocycles. The summed E-state index contributed by atoms with van der Waals surface area (Å²) in [7, 11) is -4.67. The number of nitrogens with two attached hydrogens (primary N) is 1. The van der Waals surface area contributed by atoms with Gasteiger partial charge in [-0.1, -0.05) is 71.1 Å². The maximum absolute atomic E-state index is 9.26. The predicted molar refractivity (Wildman–Crippen MR) is 85.7 cm³/mol. The second-order valence-corrected chi connectivity index (χ2v) is 6.20. The van der Waals surface area contributed by atoms with Crippen molar-refractivity contribution in [2.75, 3.05) is 6.54 Å². The molecule has 0 bridgehead atoms. The molecule has 21 heavy (non-hydrogen) atoms. The molecular weight excluding hydrogens is 294 g/mol. The maximum atomic E-state index is 9.26. The summed E-state index contributed by atoms with van der Waals surface area (Å²) < 4.78 is 31.6. The van der Waals surface area contributed by atoms with Crippen LogP contribution in [0.25, 0.3) is 0 Å². The van der Waals surface area contributed by atoms with Crippen molar-refractivity contribution in [2.24, 2.45) is 5.73 Å². The summed E-state index contributed by atoms with van der Waals surface area (Å²) in [5.74, 6) is 0. The fourth-order valence-corrected chi connectivity index (χ4v) is 1.99. The zero-order chi connectivity index (χ0) is 16.6. The lowest BCUT2D eigenvalue weighted by molar-refractivity contribution is 0.168. The van der Waals surface area contributed by atoms with Crippen molar-refractivity contribution in [1.82, 2.24) is 0 Å². The minimum Gasteiger partial charge on any atom is -0.392 e. The smallest absolute Gasteiger partial charge is 0.392 e. The summed E-state index contributed by atoms with van der Waals surface area (Å²) in [5.41, 5.74) is 5.34. The highest BCUT2D eigenvalue weighted by molar-refractivity contribution is 7.79. The molecule has 0 heterocycles. The Morgan fingerprint density at radius 3 is 1.52 bits per heavy atom. The van der Waals surface area contributed by atoms with Gasteiger partial charge < -0.3 is 10.8 Å². The quantitative estimate of drug-likeness (QED) is 0.323. The third-order valence-electron chi connectivity index (χ3n) is 3.16. The molecule has 0 aromatic rings. The molecule has 0 rings (SSSR count). The van der Waals surface area contributed by atoms with Gasteiger partial charge in [-0.25, -0.2) is 0 Å². The van der Waals surface area contributed by atoms with E-state index in [1.54, 1.807) is 0 Å². The lowest BCUT2D eigenvalue weighted by Crippen LogP contribution is -2.19. The summed E-state index contributed by atoms with van der Waals surface area (Å²) in [6.45, 7) is 2.67. The largest absolute Gasteiger partial charge is 0.394 e. The fraction of sp³-hybridized carbons (Fsp3) is 1.00.